The molecule has 0 aliphatic rings. The molecule has 0 unspecified atom stereocenters. The lowest BCUT2D eigenvalue weighted by Gasteiger charge is -2.06. The Hall–Kier alpha value is -3.06. The van der Waals surface area contributed by atoms with Gasteiger partial charge in [0.2, 0.25) is 0 Å². The maximum atomic E-state index is 13.2. The minimum absolute atomic E-state index is 0.0694. The first kappa shape index (κ1) is 17.8. The lowest BCUT2D eigenvalue weighted by atomic mass is 10.1. The van der Waals surface area contributed by atoms with Crippen molar-refractivity contribution in [1.29, 1.82) is 0 Å². The molecule has 0 fully saturated rings. The lowest BCUT2D eigenvalue weighted by molar-refractivity contribution is -0.119. The highest BCUT2D eigenvalue weighted by atomic mass is 32.1. The molecule has 3 rings (SSSR count). The third-order valence-corrected chi connectivity index (χ3v) is 4.69. The molecule has 0 atom stereocenters. The van der Waals surface area contributed by atoms with Crippen molar-refractivity contribution in [2.75, 3.05) is 11.9 Å². The largest absolute Gasteiger partial charge is 0.451 e. The number of halogens is 1. The zero-order chi connectivity index (χ0) is 18.7. The van der Waals surface area contributed by atoms with E-state index >= 15 is 0 Å². The highest BCUT2D eigenvalue weighted by molar-refractivity contribution is 7.20. The molecule has 1 amide bonds. The summed E-state index contributed by atoms with van der Waals surface area (Å²) in [5, 5.41) is 3.18. The summed E-state index contributed by atoms with van der Waals surface area (Å²) < 4.78 is 18.9. The Labute approximate surface area is 152 Å². The number of ether oxygens (including phenoxy) is 1. The van der Waals surface area contributed by atoms with Gasteiger partial charge in [-0.1, -0.05) is 0 Å². The number of anilines is 1. The molecular formula is C19H14FNO4S. The third-order valence-electron chi connectivity index (χ3n) is 3.59. The highest BCUT2D eigenvalue weighted by Crippen LogP contribution is 2.26. The van der Waals surface area contributed by atoms with Gasteiger partial charge in [-0.25, -0.2) is 9.18 Å². The Balaban J connectivity index is 1.57. The van der Waals surface area contributed by atoms with Crippen molar-refractivity contribution in [2.24, 2.45) is 0 Å². The molecule has 5 nitrogen and oxygen atoms in total. The van der Waals surface area contributed by atoms with E-state index in [4.69, 9.17) is 4.74 Å². The van der Waals surface area contributed by atoms with Crippen LogP contribution in [-0.2, 0) is 9.53 Å². The van der Waals surface area contributed by atoms with Gasteiger partial charge in [0.25, 0.3) is 5.91 Å². The molecule has 0 bridgehead atoms. The van der Waals surface area contributed by atoms with Gasteiger partial charge < -0.3 is 10.1 Å². The van der Waals surface area contributed by atoms with Crippen molar-refractivity contribution in [3.63, 3.8) is 0 Å². The van der Waals surface area contributed by atoms with Gasteiger partial charge in [0.1, 0.15) is 10.7 Å². The summed E-state index contributed by atoms with van der Waals surface area (Å²) in [5.41, 5.74) is 1.03. The molecule has 0 spiro atoms. The predicted octanol–water partition coefficient (Wildman–Crippen LogP) is 4.04. The quantitative estimate of drug-likeness (QED) is 0.543. The first-order valence-corrected chi connectivity index (χ1v) is 8.51. The number of carbonyl (C=O) groups is 3. The second kappa shape index (κ2) is 7.45. The van der Waals surface area contributed by atoms with Crippen molar-refractivity contribution < 1.29 is 23.5 Å². The Kier molecular flexibility index (Phi) is 5.09. The summed E-state index contributed by atoms with van der Waals surface area (Å²) in [6.45, 7) is 1.01. The van der Waals surface area contributed by atoms with Crippen LogP contribution in [0.5, 0.6) is 0 Å². The first-order valence-electron chi connectivity index (χ1n) is 7.69. The summed E-state index contributed by atoms with van der Waals surface area (Å²) in [6.07, 6.45) is 0. The van der Waals surface area contributed by atoms with Crippen LogP contribution in [-0.4, -0.2) is 24.3 Å². The van der Waals surface area contributed by atoms with Crippen LogP contribution in [0.3, 0.4) is 0 Å². The SMILES string of the molecule is CC(=O)c1ccc(NC(=O)COC(=O)c2cc3cc(F)ccc3s2)cc1. The summed E-state index contributed by atoms with van der Waals surface area (Å²) in [5.74, 6) is -1.60. The van der Waals surface area contributed by atoms with Gasteiger partial charge in [0.15, 0.2) is 12.4 Å². The summed E-state index contributed by atoms with van der Waals surface area (Å²) in [7, 11) is 0. The molecule has 1 N–H and O–H groups in total. The molecule has 1 heterocycles. The van der Waals surface area contributed by atoms with E-state index in [1.807, 2.05) is 0 Å². The van der Waals surface area contributed by atoms with Crippen LogP contribution >= 0.6 is 11.3 Å². The van der Waals surface area contributed by atoms with Crippen molar-refractivity contribution >= 4 is 44.8 Å². The number of esters is 1. The van der Waals surface area contributed by atoms with Crippen LogP contribution < -0.4 is 5.32 Å². The molecule has 0 aliphatic carbocycles. The van der Waals surface area contributed by atoms with Crippen molar-refractivity contribution in [3.8, 4) is 0 Å². The molecule has 26 heavy (non-hydrogen) atoms. The van der Waals surface area contributed by atoms with E-state index in [9.17, 15) is 18.8 Å². The van der Waals surface area contributed by atoms with E-state index in [1.54, 1.807) is 30.3 Å². The smallest absolute Gasteiger partial charge is 0.348 e. The summed E-state index contributed by atoms with van der Waals surface area (Å²) in [4.78, 5) is 35.4. The number of Topliss-reactive ketones (excluding diaryl/α,β-unsaturated/α-hetero) is 1. The van der Waals surface area contributed by atoms with E-state index < -0.39 is 18.5 Å². The highest BCUT2D eigenvalue weighted by Gasteiger charge is 2.14. The first-order chi connectivity index (χ1) is 12.4. The van der Waals surface area contributed by atoms with Crippen molar-refractivity contribution in [1.82, 2.24) is 0 Å². The van der Waals surface area contributed by atoms with E-state index in [-0.39, 0.29) is 11.6 Å². The van der Waals surface area contributed by atoms with Gasteiger partial charge in [0.05, 0.1) is 0 Å². The van der Waals surface area contributed by atoms with Crippen molar-refractivity contribution in [2.45, 2.75) is 6.92 Å². The molecule has 1 aromatic heterocycles. The maximum absolute atomic E-state index is 13.2. The van der Waals surface area contributed by atoms with Gasteiger partial charge >= 0.3 is 5.97 Å². The van der Waals surface area contributed by atoms with Crippen LogP contribution in [0.1, 0.15) is 27.0 Å². The number of hydrogen-bond acceptors (Lipinski definition) is 5. The van der Waals surface area contributed by atoms with Crippen LogP contribution in [0.2, 0.25) is 0 Å². The maximum Gasteiger partial charge on any atom is 0.348 e. The third kappa shape index (κ3) is 4.12. The normalized spacial score (nSPS) is 10.5. The Morgan fingerprint density at radius 2 is 1.81 bits per heavy atom. The Bertz CT molecular complexity index is 994. The second-order valence-corrected chi connectivity index (χ2v) is 6.63. The van der Waals surface area contributed by atoms with Gasteiger partial charge in [-0.3, -0.25) is 9.59 Å². The average Bonchev–Trinajstić information content (AvgIpc) is 3.03. The molecule has 0 saturated carbocycles. The summed E-state index contributed by atoms with van der Waals surface area (Å²) in [6, 6.07) is 12.2. The molecule has 2 aromatic carbocycles. The van der Waals surface area contributed by atoms with Gasteiger partial charge in [-0.05, 0) is 60.8 Å². The second-order valence-electron chi connectivity index (χ2n) is 5.55. The van der Waals surface area contributed by atoms with E-state index in [0.29, 0.717) is 21.5 Å². The number of benzene rings is 2. The minimum atomic E-state index is -0.645. The van der Waals surface area contributed by atoms with E-state index in [0.717, 1.165) is 4.70 Å². The number of rotatable bonds is 5. The van der Waals surface area contributed by atoms with Crippen LogP contribution in [0.25, 0.3) is 10.1 Å². The number of ketones is 1. The zero-order valence-corrected chi connectivity index (χ0v) is 14.6. The fourth-order valence-corrected chi connectivity index (χ4v) is 3.24. The number of fused-ring (bicyclic) bond motifs is 1. The molecular weight excluding hydrogens is 357 g/mol. The molecule has 0 aliphatic heterocycles. The van der Waals surface area contributed by atoms with Crippen molar-refractivity contribution in [3.05, 3.63) is 64.8 Å². The average molecular weight is 371 g/mol. The van der Waals surface area contributed by atoms with Crippen LogP contribution in [0, 0.1) is 5.82 Å². The standard InChI is InChI=1S/C19H14FNO4S/c1-11(22)12-2-5-15(6-3-12)21-18(23)10-25-19(24)17-9-13-8-14(20)4-7-16(13)26-17/h2-9H,10H2,1H3,(H,21,23). The Morgan fingerprint density at radius 3 is 2.50 bits per heavy atom. The number of carbonyl (C=O) groups excluding carboxylic acids is 3. The van der Waals surface area contributed by atoms with E-state index in [2.05, 4.69) is 5.32 Å². The monoisotopic (exact) mass is 371 g/mol. The molecule has 3 aromatic rings. The van der Waals surface area contributed by atoms with Crippen LogP contribution in [0.4, 0.5) is 10.1 Å². The topological polar surface area (TPSA) is 72.5 Å². The number of hydrogen-bond donors (Lipinski definition) is 1. The molecule has 0 saturated heterocycles. The predicted molar refractivity (Wildman–Crippen MR) is 97.1 cm³/mol. The summed E-state index contributed by atoms with van der Waals surface area (Å²) >= 11 is 1.17. The lowest BCUT2D eigenvalue weighted by Crippen LogP contribution is -2.20. The molecule has 0 radical (unpaired) electrons. The fourth-order valence-electron chi connectivity index (χ4n) is 2.30. The molecule has 132 valence electrons. The van der Waals surface area contributed by atoms with Gasteiger partial charge in [0, 0.05) is 16.0 Å². The van der Waals surface area contributed by atoms with E-state index in [1.165, 1.54) is 36.5 Å². The van der Waals surface area contributed by atoms with Crippen LogP contribution in [0.15, 0.2) is 48.5 Å². The Morgan fingerprint density at radius 1 is 1.08 bits per heavy atom. The molecule has 7 heteroatoms. The minimum Gasteiger partial charge on any atom is -0.451 e. The zero-order valence-electron chi connectivity index (χ0n) is 13.7. The number of thiophene rings is 1. The number of amides is 1. The number of nitrogens with one attached hydrogen (secondary N) is 1. The van der Waals surface area contributed by atoms with Gasteiger partial charge in [-0.15, -0.1) is 11.3 Å². The van der Waals surface area contributed by atoms with Gasteiger partial charge in [-0.2, -0.15) is 0 Å². The fraction of sp³-hybridized carbons (Fsp3) is 0.105.